The molecule has 0 aromatic carbocycles. The molecule has 0 unspecified atom stereocenters. The van der Waals surface area contributed by atoms with E-state index in [9.17, 15) is 0 Å². The van der Waals surface area contributed by atoms with Crippen LogP contribution in [0.3, 0.4) is 0 Å². The zero-order valence-corrected chi connectivity index (χ0v) is 7.51. The lowest BCUT2D eigenvalue weighted by molar-refractivity contribution is 1.04. The van der Waals surface area contributed by atoms with Crippen molar-refractivity contribution in [2.75, 3.05) is 5.32 Å². The monoisotopic (exact) mass is 185 g/mol. The first-order valence-electron chi connectivity index (χ1n) is 4.27. The Bertz CT molecular complexity index is 334. The molecule has 2 aromatic heterocycles. The molecule has 0 aliphatic carbocycles. The van der Waals surface area contributed by atoms with Crippen molar-refractivity contribution in [1.82, 2.24) is 15.0 Å². The van der Waals surface area contributed by atoms with Crippen molar-refractivity contribution in [3.63, 3.8) is 0 Å². The fraction of sp³-hybridized carbons (Fsp3) is 0.100. The van der Waals surface area contributed by atoms with Crippen molar-refractivity contribution in [3.05, 3.63) is 48.5 Å². The van der Waals surface area contributed by atoms with Crippen LogP contribution in [0.25, 0.3) is 0 Å². The van der Waals surface area contributed by atoms with E-state index in [1.165, 1.54) is 0 Å². The Labute approximate surface area is 82.1 Å². The predicted octanol–water partition coefficient (Wildman–Crippen LogP) is 1.28. The van der Waals surface area contributed by atoms with Gasteiger partial charge in [0.2, 0.25) is 5.95 Å². The SMILES string of the molecule is [c]1ccnc(NCc2ccncc2)n1. The largest absolute Gasteiger partial charge is 0.350 e. The van der Waals surface area contributed by atoms with Crippen LogP contribution in [0.4, 0.5) is 5.95 Å². The maximum atomic E-state index is 4.02. The molecule has 0 aliphatic rings. The van der Waals surface area contributed by atoms with Gasteiger partial charge in [-0.15, -0.1) is 0 Å². The molecule has 0 saturated heterocycles. The van der Waals surface area contributed by atoms with Crippen LogP contribution in [0.15, 0.2) is 36.8 Å². The summed E-state index contributed by atoms with van der Waals surface area (Å²) in [6, 6.07) is 5.55. The van der Waals surface area contributed by atoms with Crippen molar-refractivity contribution < 1.29 is 0 Å². The Morgan fingerprint density at radius 2 is 2.07 bits per heavy atom. The molecule has 0 atom stereocenters. The second-order valence-electron chi connectivity index (χ2n) is 2.72. The van der Waals surface area contributed by atoms with Crippen molar-refractivity contribution in [2.45, 2.75) is 6.54 Å². The van der Waals surface area contributed by atoms with Crippen molar-refractivity contribution >= 4 is 5.95 Å². The summed E-state index contributed by atoms with van der Waals surface area (Å²) in [6.45, 7) is 0.695. The first-order chi connectivity index (χ1) is 6.95. The maximum Gasteiger partial charge on any atom is 0.223 e. The normalized spacial score (nSPS) is 9.71. The first kappa shape index (κ1) is 8.62. The predicted molar refractivity (Wildman–Crippen MR) is 52.4 cm³/mol. The smallest absolute Gasteiger partial charge is 0.223 e. The lowest BCUT2D eigenvalue weighted by atomic mass is 10.3. The van der Waals surface area contributed by atoms with Crippen molar-refractivity contribution in [1.29, 1.82) is 0 Å². The molecular formula is C10H9N4. The molecule has 0 saturated carbocycles. The molecule has 0 bridgehead atoms. The zero-order valence-electron chi connectivity index (χ0n) is 7.51. The van der Waals surface area contributed by atoms with Gasteiger partial charge in [-0.2, -0.15) is 0 Å². The van der Waals surface area contributed by atoms with Gasteiger partial charge < -0.3 is 5.32 Å². The second kappa shape index (κ2) is 4.32. The second-order valence-corrected chi connectivity index (χ2v) is 2.72. The average Bonchev–Trinajstić information content (AvgIpc) is 2.29. The highest BCUT2D eigenvalue weighted by atomic mass is 15.1. The number of pyridine rings is 1. The summed E-state index contributed by atoms with van der Waals surface area (Å²) in [5.74, 6) is 0.587. The van der Waals surface area contributed by atoms with Gasteiger partial charge in [0.15, 0.2) is 0 Å². The van der Waals surface area contributed by atoms with Gasteiger partial charge in [-0.25, -0.2) is 9.97 Å². The number of anilines is 1. The fourth-order valence-electron chi connectivity index (χ4n) is 1.04. The Hall–Kier alpha value is -1.97. The molecule has 69 valence electrons. The number of hydrogen-bond donors (Lipinski definition) is 1. The van der Waals surface area contributed by atoms with Crippen molar-refractivity contribution in [2.24, 2.45) is 0 Å². The summed E-state index contributed by atoms with van der Waals surface area (Å²) < 4.78 is 0. The van der Waals surface area contributed by atoms with Gasteiger partial charge in [-0.3, -0.25) is 4.98 Å². The molecule has 0 spiro atoms. The molecule has 1 radical (unpaired) electrons. The maximum absolute atomic E-state index is 4.02. The highest BCUT2D eigenvalue weighted by molar-refractivity contribution is 5.25. The lowest BCUT2D eigenvalue weighted by Gasteiger charge is -2.02. The molecule has 1 N–H and O–H groups in total. The van der Waals surface area contributed by atoms with Crippen LogP contribution in [0.1, 0.15) is 5.56 Å². The van der Waals surface area contributed by atoms with E-state index in [0.717, 1.165) is 5.56 Å². The van der Waals surface area contributed by atoms with Crippen LogP contribution in [0, 0.1) is 6.20 Å². The minimum atomic E-state index is 0.587. The summed E-state index contributed by atoms with van der Waals surface area (Å²) >= 11 is 0. The Balaban J connectivity index is 1.96. The summed E-state index contributed by atoms with van der Waals surface area (Å²) in [5.41, 5.74) is 1.15. The quantitative estimate of drug-likeness (QED) is 0.782. The molecule has 0 aliphatic heterocycles. The van der Waals surface area contributed by atoms with E-state index >= 15 is 0 Å². The van der Waals surface area contributed by atoms with E-state index in [-0.39, 0.29) is 0 Å². The van der Waals surface area contributed by atoms with Crippen LogP contribution >= 0.6 is 0 Å². The summed E-state index contributed by atoms with van der Waals surface area (Å²) in [7, 11) is 0. The number of nitrogens with one attached hydrogen (secondary N) is 1. The molecule has 14 heavy (non-hydrogen) atoms. The molecule has 4 heteroatoms. The number of hydrogen-bond acceptors (Lipinski definition) is 4. The first-order valence-corrected chi connectivity index (χ1v) is 4.27. The zero-order chi connectivity index (χ0) is 9.64. The van der Waals surface area contributed by atoms with Gasteiger partial charge in [-0.05, 0) is 23.8 Å². The van der Waals surface area contributed by atoms with E-state index in [1.54, 1.807) is 24.7 Å². The summed E-state index contributed by atoms with van der Waals surface area (Å²) in [4.78, 5) is 11.9. The number of nitrogens with zero attached hydrogens (tertiary/aromatic N) is 3. The third-order valence-electron chi connectivity index (χ3n) is 1.72. The van der Waals surface area contributed by atoms with E-state index in [4.69, 9.17) is 0 Å². The molecule has 4 nitrogen and oxygen atoms in total. The Kier molecular flexibility index (Phi) is 2.66. The molecule has 2 rings (SSSR count). The van der Waals surface area contributed by atoms with Crippen LogP contribution in [0.5, 0.6) is 0 Å². The lowest BCUT2D eigenvalue weighted by Crippen LogP contribution is -2.02. The third-order valence-corrected chi connectivity index (χ3v) is 1.72. The topological polar surface area (TPSA) is 50.7 Å². The van der Waals surface area contributed by atoms with Gasteiger partial charge in [0.05, 0.1) is 6.20 Å². The van der Waals surface area contributed by atoms with Crippen LogP contribution in [-0.2, 0) is 6.54 Å². The number of rotatable bonds is 3. The van der Waals surface area contributed by atoms with Gasteiger partial charge in [0.25, 0.3) is 0 Å². The van der Waals surface area contributed by atoms with Gasteiger partial charge in [0, 0.05) is 25.1 Å². The van der Waals surface area contributed by atoms with Gasteiger partial charge in [-0.1, -0.05) is 0 Å². The van der Waals surface area contributed by atoms with E-state index in [1.807, 2.05) is 12.1 Å². The van der Waals surface area contributed by atoms with E-state index in [2.05, 4.69) is 26.5 Å². The summed E-state index contributed by atoms with van der Waals surface area (Å²) in [5, 5.41) is 3.08. The highest BCUT2D eigenvalue weighted by Crippen LogP contribution is 2.00. The minimum absolute atomic E-state index is 0.587. The van der Waals surface area contributed by atoms with E-state index < -0.39 is 0 Å². The van der Waals surface area contributed by atoms with Gasteiger partial charge >= 0.3 is 0 Å². The van der Waals surface area contributed by atoms with Crippen LogP contribution in [-0.4, -0.2) is 15.0 Å². The third kappa shape index (κ3) is 2.26. The van der Waals surface area contributed by atoms with Crippen molar-refractivity contribution in [3.8, 4) is 0 Å². The average molecular weight is 185 g/mol. The summed E-state index contributed by atoms with van der Waals surface area (Å²) in [6.07, 6.45) is 7.88. The minimum Gasteiger partial charge on any atom is -0.350 e. The van der Waals surface area contributed by atoms with Crippen LogP contribution in [0.2, 0.25) is 0 Å². The molecule has 0 fully saturated rings. The van der Waals surface area contributed by atoms with E-state index in [0.29, 0.717) is 12.5 Å². The fourth-order valence-corrected chi connectivity index (χ4v) is 1.04. The molecular weight excluding hydrogens is 176 g/mol. The molecule has 2 heterocycles. The standard InChI is InChI=1S/C10H9N4/c1-4-12-10(13-5-1)14-8-9-2-6-11-7-3-9/h1-4,6-7H,8H2,(H,12,13,14). The Morgan fingerprint density at radius 3 is 2.79 bits per heavy atom. The van der Waals surface area contributed by atoms with Gasteiger partial charge in [0.1, 0.15) is 0 Å². The number of aromatic nitrogens is 3. The highest BCUT2D eigenvalue weighted by Gasteiger charge is 1.93. The Morgan fingerprint density at radius 1 is 1.21 bits per heavy atom. The van der Waals surface area contributed by atoms with Crippen LogP contribution < -0.4 is 5.32 Å². The molecule has 2 aromatic rings. The molecule has 0 amide bonds.